The number of unbranched alkanes of at least 4 members (excludes halogenated alkanes) is 4. The Labute approximate surface area is 208 Å². The van der Waals surface area contributed by atoms with Crippen molar-refractivity contribution < 1.29 is 14.7 Å². The van der Waals surface area contributed by atoms with E-state index in [-0.39, 0.29) is 11.9 Å². The number of anilines is 2. The molecule has 1 amide bonds. The van der Waals surface area contributed by atoms with Gasteiger partial charge in [0, 0.05) is 24.5 Å². The Morgan fingerprint density at radius 1 is 1.06 bits per heavy atom. The zero-order valence-corrected chi connectivity index (χ0v) is 20.5. The van der Waals surface area contributed by atoms with Crippen LogP contribution in [0.5, 0.6) is 0 Å². The Kier molecular flexibility index (Phi) is 8.98. The van der Waals surface area contributed by atoms with Gasteiger partial charge in [0.2, 0.25) is 5.91 Å². The first-order valence-corrected chi connectivity index (χ1v) is 13.2. The molecule has 3 N–H and O–H groups in total. The summed E-state index contributed by atoms with van der Waals surface area (Å²) < 4.78 is 0. The summed E-state index contributed by atoms with van der Waals surface area (Å²) >= 11 is 0. The van der Waals surface area contributed by atoms with Crippen molar-refractivity contribution in [2.24, 2.45) is 0 Å². The fraction of sp³-hybridized carbons (Fsp3) is 0.536. The molecule has 7 heteroatoms. The molecule has 35 heavy (non-hydrogen) atoms. The van der Waals surface area contributed by atoms with Gasteiger partial charge in [-0.2, -0.15) is 0 Å². The second-order valence-corrected chi connectivity index (χ2v) is 9.73. The Morgan fingerprint density at radius 2 is 1.86 bits per heavy atom. The summed E-state index contributed by atoms with van der Waals surface area (Å²) in [6.07, 6.45) is 10.4. The number of rotatable bonds is 12. The zero-order chi connectivity index (χ0) is 24.5. The number of aryl methyl sites for hydroxylation is 2. The molecule has 2 atom stereocenters. The smallest absolute Gasteiger partial charge is 0.326 e. The quantitative estimate of drug-likeness (QED) is 0.387. The lowest BCUT2D eigenvalue weighted by Crippen LogP contribution is -2.49. The molecule has 0 bridgehead atoms. The second-order valence-electron chi connectivity index (χ2n) is 9.73. The number of pyridine rings is 1. The number of para-hydroxylation sites is 1. The highest BCUT2D eigenvalue weighted by molar-refractivity contribution is 5.89. The Balaban J connectivity index is 1.15. The number of nitrogens with one attached hydrogen (secondary N) is 2. The first-order valence-electron chi connectivity index (χ1n) is 13.2. The van der Waals surface area contributed by atoms with Crippen LogP contribution < -0.4 is 15.5 Å². The Morgan fingerprint density at radius 3 is 2.69 bits per heavy atom. The molecule has 188 valence electrons. The lowest BCUT2D eigenvalue weighted by atomic mass is 10.0. The van der Waals surface area contributed by atoms with Crippen molar-refractivity contribution in [3.05, 3.63) is 53.7 Å². The van der Waals surface area contributed by atoms with Gasteiger partial charge in [-0.3, -0.25) is 4.79 Å². The zero-order valence-electron chi connectivity index (χ0n) is 20.5. The monoisotopic (exact) mass is 478 g/mol. The number of carboxylic acids is 1. The maximum Gasteiger partial charge on any atom is 0.326 e. The van der Waals surface area contributed by atoms with Crippen LogP contribution in [0, 0.1) is 0 Å². The van der Waals surface area contributed by atoms with Crippen LogP contribution in [0.1, 0.15) is 69.0 Å². The summed E-state index contributed by atoms with van der Waals surface area (Å²) in [6, 6.07) is 13.1. The minimum Gasteiger partial charge on any atom is -0.480 e. The van der Waals surface area contributed by atoms with E-state index in [1.54, 1.807) is 0 Å². The molecule has 2 aromatic rings. The van der Waals surface area contributed by atoms with Gasteiger partial charge in [-0.1, -0.05) is 49.9 Å². The molecule has 1 aromatic heterocycles. The lowest BCUT2D eigenvalue weighted by molar-refractivity contribution is -0.142. The maximum atomic E-state index is 12.9. The largest absolute Gasteiger partial charge is 0.480 e. The van der Waals surface area contributed by atoms with Gasteiger partial charge in [-0.15, -0.1) is 0 Å². The summed E-state index contributed by atoms with van der Waals surface area (Å²) in [7, 11) is 0. The number of amides is 1. The number of hydrogen-bond acceptors (Lipinski definition) is 5. The SMILES string of the molecule is O=C(O)C(CCCCCCCc1ccc2c(n1)NCCC2)NC(=O)[C@@H]1CCCN1c1ccccc1. The highest BCUT2D eigenvalue weighted by Crippen LogP contribution is 2.25. The highest BCUT2D eigenvalue weighted by Gasteiger charge is 2.33. The number of carbonyl (C=O) groups excluding carboxylic acids is 1. The number of carboxylic acid groups (broad SMARTS) is 1. The van der Waals surface area contributed by atoms with E-state index < -0.39 is 12.0 Å². The van der Waals surface area contributed by atoms with E-state index in [4.69, 9.17) is 4.98 Å². The number of carbonyl (C=O) groups is 2. The van der Waals surface area contributed by atoms with E-state index in [0.717, 1.165) is 88.1 Å². The standard InChI is InChI=1S/C28H38N4O3/c33-27(25-16-10-20-32(25)23-13-6-4-7-14-23)31-24(28(34)35)15-8-3-1-2-5-12-22-18-17-21-11-9-19-29-26(21)30-22/h4,6-7,13-14,17-18,24-25H,1-3,5,8-12,15-16,19-20H2,(H,29,30)(H,31,33)(H,34,35)/t24?,25-/m0/s1. The van der Waals surface area contributed by atoms with Crippen molar-refractivity contribution in [1.29, 1.82) is 0 Å². The summed E-state index contributed by atoms with van der Waals surface area (Å²) in [6.45, 7) is 1.82. The molecule has 4 rings (SSSR count). The van der Waals surface area contributed by atoms with Crippen molar-refractivity contribution in [3.8, 4) is 0 Å². The predicted molar refractivity (Wildman–Crippen MR) is 139 cm³/mol. The van der Waals surface area contributed by atoms with Crippen LogP contribution in [0.3, 0.4) is 0 Å². The lowest BCUT2D eigenvalue weighted by Gasteiger charge is -2.27. The van der Waals surface area contributed by atoms with Gasteiger partial charge in [-0.05, 0) is 68.7 Å². The van der Waals surface area contributed by atoms with Crippen molar-refractivity contribution >= 4 is 23.4 Å². The Hall–Kier alpha value is -3.09. The third-order valence-corrected chi connectivity index (χ3v) is 7.14. The molecule has 1 aromatic carbocycles. The third-order valence-electron chi connectivity index (χ3n) is 7.14. The van der Waals surface area contributed by atoms with Gasteiger partial charge >= 0.3 is 5.97 Å². The fourth-order valence-electron chi connectivity index (χ4n) is 5.19. The van der Waals surface area contributed by atoms with E-state index in [1.165, 1.54) is 12.0 Å². The van der Waals surface area contributed by atoms with Gasteiger partial charge in [0.15, 0.2) is 0 Å². The van der Waals surface area contributed by atoms with E-state index >= 15 is 0 Å². The van der Waals surface area contributed by atoms with E-state index in [2.05, 4.69) is 27.7 Å². The first kappa shape index (κ1) is 25.0. The topological polar surface area (TPSA) is 94.6 Å². The van der Waals surface area contributed by atoms with Crippen LogP contribution in [0.25, 0.3) is 0 Å². The summed E-state index contributed by atoms with van der Waals surface area (Å²) in [5, 5.41) is 15.9. The highest BCUT2D eigenvalue weighted by atomic mass is 16.4. The van der Waals surface area contributed by atoms with Crippen molar-refractivity contribution in [1.82, 2.24) is 10.3 Å². The third kappa shape index (κ3) is 6.96. The molecule has 0 aliphatic carbocycles. The number of fused-ring (bicyclic) bond motifs is 1. The maximum absolute atomic E-state index is 12.9. The number of aliphatic carboxylic acids is 1. The average molecular weight is 479 g/mol. The molecule has 2 aliphatic rings. The first-order chi connectivity index (χ1) is 17.1. The molecule has 1 saturated heterocycles. The number of nitrogens with zero attached hydrogens (tertiary/aromatic N) is 2. The summed E-state index contributed by atoms with van der Waals surface area (Å²) in [5.74, 6) is -0.0690. The minimum atomic E-state index is -0.949. The van der Waals surface area contributed by atoms with E-state index in [0.29, 0.717) is 6.42 Å². The van der Waals surface area contributed by atoms with Gasteiger partial charge in [0.1, 0.15) is 17.9 Å². The molecule has 1 unspecified atom stereocenters. The van der Waals surface area contributed by atoms with Crippen LogP contribution in [-0.2, 0) is 22.4 Å². The van der Waals surface area contributed by atoms with Crippen molar-refractivity contribution in [2.45, 2.75) is 82.7 Å². The van der Waals surface area contributed by atoms with Crippen LogP contribution in [0.2, 0.25) is 0 Å². The van der Waals surface area contributed by atoms with Gasteiger partial charge in [0.25, 0.3) is 0 Å². The minimum absolute atomic E-state index is 0.175. The van der Waals surface area contributed by atoms with Crippen LogP contribution >= 0.6 is 0 Å². The molecule has 0 radical (unpaired) electrons. The normalized spacial score (nSPS) is 17.9. The van der Waals surface area contributed by atoms with Crippen molar-refractivity contribution in [2.75, 3.05) is 23.3 Å². The van der Waals surface area contributed by atoms with Gasteiger partial charge in [-0.25, -0.2) is 9.78 Å². The molecule has 0 saturated carbocycles. The number of aromatic nitrogens is 1. The van der Waals surface area contributed by atoms with Gasteiger partial charge in [0.05, 0.1) is 0 Å². The van der Waals surface area contributed by atoms with Crippen LogP contribution in [-0.4, -0.2) is 47.1 Å². The fourth-order valence-corrected chi connectivity index (χ4v) is 5.19. The molecule has 7 nitrogen and oxygen atoms in total. The molecule has 3 heterocycles. The van der Waals surface area contributed by atoms with Crippen LogP contribution in [0.4, 0.5) is 11.5 Å². The van der Waals surface area contributed by atoms with Crippen molar-refractivity contribution in [3.63, 3.8) is 0 Å². The number of benzene rings is 1. The number of hydrogen-bond donors (Lipinski definition) is 3. The molecular weight excluding hydrogens is 440 g/mol. The average Bonchev–Trinajstić information content (AvgIpc) is 3.38. The Bertz CT molecular complexity index is 981. The molecule has 0 spiro atoms. The van der Waals surface area contributed by atoms with Crippen LogP contribution in [0.15, 0.2) is 42.5 Å². The van der Waals surface area contributed by atoms with E-state index in [1.807, 2.05) is 30.3 Å². The molecular formula is C28H38N4O3. The van der Waals surface area contributed by atoms with Gasteiger partial charge < -0.3 is 20.6 Å². The second kappa shape index (κ2) is 12.6. The molecule has 2 aliphatic heterocycles. The summed E-state index contributed by atoms with van der Waals surface area (Å²) in [5.41, 5.74) is 3.47. The predicted octanol–water partition coefficient (Wildman–Crippen LogP) is 4.56. The summed E-state index contributed by atoms with van der Waals surface area (Å²) in [4.78, 5) is 31.5. The van der Waals surface area contributed by atoms with E-state index in [9.17, 15) is 14.7 Å². The molecule has 1 fully saturated rings.